The van der Waals surface area contributed by atoms with E-state index in [-0.39, 0.29) is 17.1 Å². The zero-order valence-electron chi connectivity index (χ0n) is 13.6. The molecule has 0 atom stereocenters. The Morgan fingerprint density at radius 3 is 2.68 bits per heavy atom. The van der Waals surface area contributed by atoms with E-state index in [1.165, 1.54) is 34.9 Å². The number of allylic oxidation sites excluding steroid dienone is 1. The molecule has 1 aliphatic heterocycles. The lowest BCUT2D eigenvalue weighted by molar-refractivity contribution is -0.112. The Morgan fingerprint density at radius 1 is 1.28 bits per heavy atom. The number of anilines is 1. The molecule has 0 unspecified atom stereocenters. The highest BCUT2D eigenvalue weighted by atomic mass is 32.2. The van der Waals surface area contributed by atoms with Gasteiger partial charge in [-0.15, -0.1) is 10.2 Å². The van der Waals surface area contributed by atoms with Crippen LogP contribution in [0.5, 0.6) is 0 Å². The summed E-state index contributed by atoms with van der Waals surface area (Å²) in [6.07, 6.45) is 0. The van der Waals surface area contributed by atoms with E-state index in [2.05, 4.69) is 23.2 Å². The molecule has 2 heterocycles. The van der Waals surface area contributed by atoms with Crippen LogP contribution >= 0.6 is 46.6 Å². The van der Waals surface area contributed by atoms with Crippen LogP contribution in [0.3, 0.4) is 0 Å². The lowest BCUT2D eigenvalue weighted by Gasteiger charge is -2.14. The van der Waals surface area contributed by atoms with Gasteiger partial charge in [-0.3, -0.25) is 4.79 Å². The molecule has 1 aromatic heterocycles. The monoisotopic (exact) mass is 406 g/mol. The smallest absolute Gasteiger partial charge is 0.186 e. The van der Waals surface area contributed by atoms with Gasteiger partial charge in [-0.05, 0) is 17.9 Å². The molecule has 3 rings (SSSR count). The molecule has 1 aliphatic rings. The second kappa shape index (κ2) is 8.27. The van der Waals surface area contributed by atoms with E-state index in [0.717, 1.165) is 25.0 Å². The molecule has 0 amide bonds. The molecule has 128 valence electrons. The zero-order valence-corrected chi connectivity index (χ0v) is 16.8. The number of carbonyl (C=O) groups is 1. The lowest BCUT2D eigenvalue weighted by atomic mass is 10.2. The van der Waals surface area contributed by atoms with E-state index in [4.69, 9.17) is 0 Å². The second-order valence-electron chi connectivity index (χ2n) is 4.90. The average Bonchev–Trinajstić information content (AvgIpc) is 3.20. The Kier molecular flexibility index (Phi) is 6.06. The van der Waals surface area contributed by atoms with Crippen molar-refractivity contribution >= 4 is 58.1 Å². The molecule has 9 heteroatoms. The van der Waals surface area contributed by atoms with E-state index < -0.39 is 0 Å². The van der Waals surface area contributed by atoms with Crippen molar-refractivity contribution in [3.63, 3.8) is 0 Å². The van der Waals surface area contributed by atoms with Crippen molar-refractivity contribution in [3.05, 3.63) is 34.9 Å². The lowest BCUT2D eigenvalue weighted by Crippen LogP contribution is -2.16. The zero-order chi connectivity index (χ0) is 17.8. The maximum atomic E-state index is 12.6. The number of nitrogens with zero attached hydrogens (tertiary/aromatic N) is 4. The number of rotatable bonds is 6. The third-order valence-corrected chi connectivity index (χ3v) is 7.63. The number of aromatic nitrogens is 2. The fourth-order valence-electron chi connectivity index (χ4n) is 2.19. The normalized spacial score (nSPS) is 15.0. The minimum Gasteiger partial charge on any atom is -0.337 e. The van der Waals surface area contributed by atoms with E-state index in [0.29, 0.717) is 5.03 Å². The Bertz CT molecular complexity index is 871. The number of thioether (sulfide) groups is 3. The fraction of sp³-hybridized carbons (Fsp3) is 0.250. The summed E-state index contributed by atoms with van der Waals surface area (Å²) in [6, 6.07) is 9.96. The summed E-state index contributed by atoms with van der Waals surface area (Å²) >= 11 is 5.90. The molecule has 0 saturated carbocycles. The summed E-state index contributed by atoms with van der Waals surface area (Å²) in [6.45, 7) is 2.06. The first-order chi connectivity index (χ1) is 12.1. The van der Waals surface area contributed by atoms with Crippen LogP contribution in [0, 0.1) is 11.3 Å². The SMILES string of the molecule is CCSc1nnc(SCC(=O)/C(C#N)=C2/Sc3ccccc3N2C)s1. The topological polar surface area (TPSA) is 69.9 Å². The van der Waals surface area contributed by atoms with Crippen LogP contribution < -0.4 is 4.90 Å². The summed E-state index contributed by atoms with van der Waals surface area (Å²) in [5.74, 6) is 0.935. The molecule has 0 N–H and O–H groups in total. The quantitative estimate of drug-likeness (QED) is 0.400. The Morgan fingerprint density at radius 2 is 2.00 bits per heavy atom. The number of ketones is 1. The Labute approximate surface area is 162 Å². The molecule has 0 fully saturated rings. The van der Waals surface area contributed by atoms with Crippen molar-refractivity contribution in [2.24, 2.45) is 0 Å². The molecule has 5 nitrogen and oxygen atoms in total. The summed E-state index contributed by atoms with van der Waals surface area (Å²) < 4.78 is 1.65. The van der Waals surface area contributed by atoms with Gasteiger partial charge < -0.3 is 4.90 Å². The number of nitriles is 1. The Balaban J connectivity index is 1.73. The first-order valence-electron chi connectivity index (χ1n) is 7.41. The number of hydrogen-bond donors (Lipinski definition) is 0. The van der Waals surface area contributed by atoms with Gasteiger partial charge in [0.2, 0.25) is 0 Å². The van der Waals surface area contributed by atoms with Gasteiger partial charge in [-0.2, -0.15) is 5.26 Å². The minimum atomic E-state index is -0.186. The summed E-state index contributed by atoms with van der Waals surface area (Å²) in [5.41, 5.74) is 1.21. The maximum Gasteiger partial charge on any atom is 0.186 e. The highest BCUT2D eigenvalue weighted by molar-refractivity contribution is 8.04. The molecule has 2 aromatic rings. The van der Waals surface area contributed by atoms with Crippen LogP contribution in [0.2, 0.25) is 0 Å². The Hall–Kier alpha value is -1.47. The van der Waals surface area contributed by atoms with Crippen molar-refractivity contribution < 1.29 is 4.79 Å². The second-order valence-corrected chi connectivity index (χ2v) is 9.64. The van der Waals surface area contributed by atoms with Crippen molar-refractivity contribution in [1.82, 2.24) is 10.2 Å². The molecule has 0 saturated heterocycles. The van der Waals surface area contributed by atoms with Gasteiger partial charge in [0.1, 0.15) is 16.7 Å². The summed E-state index contributed by atoms with van der Waals surface area (Å²) in [4.78, 5) is 15.5. The van der Waals surface area contributed by atoms with Gasteiger partial charge in [0.15, 0.2) is 14.5 Å². The molecule has 0 bridgehead atoms. The van der Waals surface area contributed by atoms with Crippen LogP contribution in [-0.4, -0.2) is 34.5 Å². The molecule has 25 heavy (non-hydrogen) atoms. The van der Waals surface area contributed by atoms with Crippen LogP contribution in [0.25, 0.3) is 0 Å². The largest absolute Gasteiger partial charge is 0.337 e. The standard InChI is InChI=1S/C16H14N4OS4/c1-3-22-15-18-19-16(25-15)23-9-12(21)10(8-17)14-20(2)11-6-4-5-7-13(11)24-14/h4-7H,3,9H2,1-2H3/b14-10+. The number of carbonyl (C=O) groups excluding carboxylic acids is 1. The van der Waals surface area contributed by atoms with E-state index >= 15 is 0 Å². The fourth-order valence-corrected chi connectivity index (χ4v) is 6.14. The number of fused-ring (bicyclic) bond motifs is 1. The van der Waals surface area contributed by atoms with Gasteiger partial charge in [0, 0.05) is 11.9 Å². The number of benzene rings is 1. The average molecular weight is 407 g/mol. The van der Waals surface area contributed by atoms with Crippen LogP contribution in [0.4, 0.5) is 5.69 Å². The van der Waals surface area contributed by atoms with Crippen LogP contribution in [0.15, 0.2) is 48.4 Å². The van der Waals surface area contributed by atoms with Crippen molar-refractivity contribution in [2.45, 2.75) is 20.5 Å². The van der Waals surface area contributed by atoms with Crippen molar-refractivity contribution in [1.29, 1.82) is 5.26 Å². The third-order valence-electron chi connectivity index (χ3n) is 3.32. The van der Waals surface area contributed by atoms with E-state index in [1.807, 2.05) is 36.2 Å². The first kappa shape index (κ1) is 18.3. The summed E-state index contributed by atoms with van der Waals surface area (Å²) in [5, 5.41) is 18.4. The van der Waals surface area contributed by atoms with E-state index in [9.17, 15) is 10.1 Å². The molecule has 1 aromatic carbocycles. The van der Waals surface area contributed by atoms with Gasteiger partial charge in [-0.25, -0.2) is 0 Å². The highest BCUT2D eigenvalue weighted by Crippen LogP contribution is 2.46. The molecule has 0 spiro atoms. The molecule has 0 aliphatic carbocycles. The highest BCUT2D eigenvalue weighted by Gasteiger charge is 2.27. The van der Waals surface area contributed by atoms with Crippen molar-refractivity contribution in [3.8, 4) is 6.07 Å². The third kappa shape index (κ3) is 4.03. The molecule has 0 radical (unpaired) electrons. The van der Waals surface area contributed by atoms with Gasteiger partial charge in [-0.1, -0.05) is 65.7 Å². The molecular formula is C16H14N4OS4. The van der Waals surface area contributed by atoms with E-state index in [1.54, 1.807) is 11.8 Å². The summed E-state index contributed by atoms with van der Waals surface area (Å²) in [7, 11) is 1.88. The van der Waals surface area contributed by atoms with Crippen LogP contribution in [0.1, 0.15) is 6.92 Å². The minimum absolute atomic E-state index is 0.183. The predicted molar refractivity (Wildman–Crippen MR) is 105 cm³/mol. The number of Topliss-reactive ketones (excluding diaryl/α,β-unsaturated/α-hetero) is 1. The van der Waals surface area contributed by atoms with Gasteiger partial charge >= 0.3 is 0 Å². The predicted octanol–water partition coefficient (Wildman–Crippen LogP) is 4.29. The number of hydrogen-bond acceptors (Lipinski definition) is 9. The van der Waals surface area contributed by atoms with Gasteiger partial charge in [0.25, 0.3) is 0 Å². The molecular weight excluding hydrogens is 392 g/mol. The maximum absolute atomic E-state index is 12.6. The van der Waals surface area contributed by atoms with Crippen molar-refractivity contribution in [2.75, 3.05) is 23.5 Å². The number of para-hydroxylation sites is 1. The van der Waals surface area contributed by atoms with Gasteiger partial charge in [0.05, 0.1) is 11.4 Å². The van der Waals surface area contributed by atoms with Crippen LogP contribution in [-0.2, 0) is 4.79 Å². The first-order valence-corrected chi connectivity index (χ1v) is 11.0.